The summed E-state index contributed by atoms with van der Waals surface area (Å²) in [5.74, 6) is -0.000320. The van der Waals surface area contributed by atoms with Gasteiger partial charge in [0, 0.05) is 31.6 Å². The minimum absolute atomic E-state index is 0.0231. The first-order chi connectivity index (χ1) is 31.7. The molecule has 16 heteroatoms. The lowest BCUT2D eigenvalue weighted by atomic mass is 9.83. The molecule has 2 unspecified atom stereocenters. The van der Waals surface area contributed by atoms with Gasteiger partial charge in [-0.05, 0) is 129 Å². The Morgan fingerprint density at radius 2 is 0.970 bits per heavy atom. The molecule has 5 aliphatic carbocycles. The Balaban J connectivity index is 0.000000206. The molecule has 0 aromatic carbocycles. The van der Waals surface area contributed by atoms with Crippen LogP contribution in [0.2, 0.25) is 0 Å². The first kappa shape index (κ1) is 52.3. The Morgan fingerprint density at radius 1 is 0.522 bits per heavy atom. The highest BCUT2D eigenvalue weighted by Gasteiger charge is 2.57. The number of esters is 2. The van der Waals surface area contributed by atoms with Gasteiger partial charge in [0.05, 0.1) is 38.1 Å². The number of amides is 5. The number of fused-ring (bicyclic) bond motifs is 2. The fourth-order valence-corrected chi connectivity index (χ4v) is 11.6. The van der Waals surface area contributed by atoms with Crippen molar-refractivity contribution in [3.8, 4) is 0 Å². The van der Waals surface area contributed by atoms with E-state index in [1.54, 1.807) is 25.7 Å². The predicted octanol–water partition coefficient (Wildman–Crippen LogP) is 7.15. The average molecular weight is 942 g/mol. The van der Waals surface area contributed by atoms with Crippen LogP contribution in [-0.4, -0.2) is 132 Å². The van der Waals surface area contributed by atoms with E-state index in [-0.39, 0.29) is 66.0 Å². The molecule has 16 nitrogen and oxygen atoms in total. The zero-order valence-corrected chi connectivity index (χ0v) is 42.1. The van der Waals surface area contributed by atoms with Crippen LogP contribution in [0, 0.1) is 41.4 Å². The van der Waals surface area contributed by atoms with Crippen LogP contribution in [0.15, 0.2) is 0 Å². The maximum Gasteiger partial charge on any atom is 0.408 e. The van der Waals surface area contributed by atoms with Crippen molar-refractivity contribution in [2.45, 2.75) is 205 Å². The molecular weight excluding hydrogens is 859 g/mol. The van der Waals surface area contributed by atoms with Gasteiger partial charge in [0.15, 0.2) is 0 Å². The monoisotopic (exact) mass is 942 g/mol. The summed E-state index contributed by atoms with van der Waals surface area (Å²) in [7, 11) is 2.75. The average Bonchev–Trinajstić information content (AvgIpc) is 4.09. The van der Waals surface area contributed by atoms with Crippen LogP contribution in [0.5, 0.6) is 0 Å². The number of ether oxygens (including phenoxy) is 4. The number of hydrogen-bond acceptors (Lipinski definition) is 11. The third-order valence-corrected chi connectivity index (χ3v) is 15.2. The zero-order chi connectivity index (χ0) is 48.8. The molecule has 0 aromatic rings. The van der Waals surface area contributed by atoms with Gasteiger partial charge in [0.2, 0.25) is 17.7 Å². The first-order valence-corrected chi connectivity index (χ1v) is 25.8. The van der Waals surface area contributed by atoms with Crippen LogP contribution < -0.4 is 10.6 Å². The van der Waals surface area contributed by atoms with Crippen molar-refractivity contribution in [2.24, 2.45) is 41.4 Å². The van der Waals surface area contributed by atoms with Crippen molar-refractivity contribution in [1.29, 1.82) is 0 Å². The second-order valence-corrected chi connectivity index (χ2v) is 22.8. The molecule has 0 bridgehead atoms. The van der Waals surface area contributed by atoms with Gasteiger partial charge < -0.3 is 44.3 Å². The Kier molecular flexibility index (Phi) is 17.6. The van der Waals surface area contributed by atoms with Gasteiger partial charge >= 0.3 is 24.1 Å². The van der Waals surface area contributed by atoms with Gasteiger partial charge in [-0.1, -0.05) is 58.3 Å². The van der Waals surface area contributed by atoms with Crippen LogP contribution >= 0.6 is 0 Å². The minimum Gasteiger partial charge on any atom is -0.469 e. The van der Waals surface area contributed by atoms with E-state index in [1.807, 2.05) is 30.6 Å². The predicted molar refractivity (Wildman–Crippen MR) is 250 cm³/mol. The molecule has 8 rings (SSSR count). The number of rotatable bonds is 9. The minimum atomic E-state index is -0.708. The van der Waals surface area contributed by atoms with Gasteiger partial charge in [-0.2, -0.15) is 0 Å². The summed E-state index contributed by atoms with van der Waals surface area (Å²) in [4.78, 5) is 96.1. The summed E-state index contributed by atoms with van der Waals surface area (Å²) in [6.45, 7) is 14.5. The third-order valence-electron chi connectivity index (χ3n) is 15.2. The lowest BCUT2D eigenvalue weighted by molar-refractivity contribution is -0.150. The van der Waals surface area contributed by atoms with Crippen molar-refractivity contribution in [3.63, 3.8) is 0 Å². The van der Waals surface area contributed by atoms with E-state index < -0.39 is 53.4 Å². The Labute approximate surface area is 399 Å². The molecule has 3 saturated heterocycles. The van der Waals surface area contributed by atoms with Crippen molar-refractivity contribution in [1.82, 2.24) is 25.3 Å². The van der Waals surface area contributed by atoms with E-state index in [4.69, 9.17) is 18.9 Å². The number of methoxy groups -OCH3 is 2. The molecule has 0 radical (unpaired) electrons. The summed E-state index contributed by atoms with van der Waals surface area (Å²) in [5, 5.41) is 5.76. The van der Waals surface area contributed by atoms with Gasteiger partial charge in [0.1, 0.15) is 23.3 Å². The topological polar surface area (TPSA) is 190 Å². The molecule has 0 aromatic heterocycles. The van der Waals surface area contributed by atoms with Crippen LogP contribution in [0.3, 0.4) is 0 Å². The Hall–Kier alpha value is -4.11. The highest BCUT2D eigenvalue weighted by atomic mass is 16.6. The quantitative estimate of drug-likeness (QED) is 0.176. The molecule has 378 valence electrons. The van der Waals surface area contributed by atoms with Crippen molar-refractivity contribution >= 4 is 41.8 Å². The summed E-state index contributed by atoms with van der Waals surface area (Å²) in [6, 6.07) is -2.02. The van der Waals surface area contributed by atoms with E-state index in [2.05, 4.69) is 17.6 Å². The number of carbonyl (C=O) groups excluding carboxylic acids is 7. The van der Waals surface area contributed by atoms with Crippen LogP contribution in [0.4, 0.5) is 9.59 Å². The molecule has 0 spiro atoms. The van der Waals surface area contributed by atoms with Crippen molar-refractivity contribution in [3.05, 3.63) is 0 Å². The normalized spacial score (nSPS) is 28.3. The van der Waals surface area contributed by atoms with E-state index in [0.717, 1.165) is 95.8 Å². The summed E-state index contributed by atoms with van der Waals surface area (Å²) >= 11 is 0. The largest absolute Gasteiger partial charge is 0.469 e. The summed E-state index contributed by atoms with van der Waals surface area (Å²) in [6.07, 6.45) is 16.9. The third kappa shape index (κ3) is 13.8. The second kappa shape index (κ2) is 22.5. The summed E-state index contributed by atoms with van der Waals surface area (Å²) < 4.78 is 21.0. The highest BCUT2D eigenvalue weighted by molar-refractivity contribution is 5.89. The number of nitrogens with one attached hydrogen (secondary N) is 2. The van der Waals surface area contributed by atoms with Crippen LogP contribution in [0.25, 0.3) is 0 Å². The molecule has 8 fully saturated rings. The van der Waals surface area contributed by atoms with E-state index in [1.165, 1.54) is 33.5 Å². The Morgan fingerprint density at radius 3 is 1.40 bits per heavy atom. The standard InChI is InChI=1S/C25H39N3O6.C22H36N2O5.C4H8/c1-25(2,3)34-24(32)26-19(15-8-6-5-7-9-15)22(30)27-13-12-18-20(27)17(23(31)33-4)14-28(18)21(29)16-10-11-16;1-22(2,3)29-21(27)23-17(14-8-6-5-7-9-14)19(25)24-13-12-15-10-11-16(18(15)24)20(26)28-4;1-4-2-3-4/h15-20H,5-14H2,1-4H3,(H,26,32);14-18H,5-13H2,1-4H3,(H,23,27);4H,2-3H2,1H3/t17?,18-,19+,20-;15-,16?,17+,18+;/m11./s1. The van der Waals surface area contributed by atoms with E-state index in [9.17, 15) is 33.6 Å². The number of nitrogens with zero attached hydrogens (tertiary/aromatic N) is 3. The van der Waals surface area contributed by atoms with Crippen LogP contribution in [0.1, 0.15) is 164 Å². The SMILES string of the molecule is CC1CC1.COC(=O)C1CC[C@@H]2CCN(C(=O)[C@@H](NC(=O)OC(C)(C)C)C3CCCCC3)[C@H]12.COC(=O)C1CN(C(=O)C2CC2)[C@@H]2CCN(C(=O)[C@@H](NC(=O)OC(C)(C)C)C3CCCCC3)[C@H]12. The summed E-state index contributed by atoms with van der Waals surface area (Å²) in [5.41, 5.74) is -1.29. The maximum atomic E-state index is 14.0. The molecule has 3 aliphatic heterocycles. The number of likely N-dealkylation sites (tertiary alicyclic amines) is 3. The highest BCUT2D eigenvalue weighted by Crippen LogP contribution is 2.44. The van der Waals surface area contributed by atoms with Crippen LogP contribution in [-0.2, 0) is 42.9 Å². The van der Waals surface area contributed by atoms with Gasteiger partial charge in [-0.15, -0.1) is 0 Å². The molecule has 3 heterocycles. The van der Waals surface area contributed by atoms with Gasteiger partial charge in [-0.3, -0.25) is 24.0 Å². The van der Waals surface area contributed by atoms with Crippen molar-refractivity contribution < 1.29 is 52.5 Å². The first-order valence-electron chi connectivity index (χ1n) is 25.8. The number of carbonyl (C=O) groups is 7. The lowest BCUT2D eigenvalue weighted by Gasteiger charge is -2.36. The number of alkyl carbamates (subject to hydrolysis) is 2. The Bertz CT molecular complexity index is 1760. The molecule has 67 heavy (non-hydrogen) atoms. The maximum absolute atomic E-state index is 14.0. The molecule has 5 saturated carbocycles. The molecule has 8 atom stereocenters. The fourth-order valence-electron chi connectivity index (χ4n) is 11.6. The molecular formula is C51H83N5O11. The number of hydrogen-bond donors (Lipinski definition) is 2. The van der Waals surface area contributed by atoms with E-state index in [0.29, 0.717) is 25.4 Å². The molecule has 5 amide bonds. The fraction of sp³-hybridized carbons (Fsp3) is 0.863. The smallest absolute Gasteiger partial charge is 0.408 e. The lowest BCUT2D eigenvalue weighted by Crippen LogP contribution is -2.56. The zero-order valence-electron chi connectivity index (χ0n) is 42.1. The second-order valence-electron chi connectivity index (χ2n) is 22.8. The van der Waals surface area contributed by atoms with Gasteiger partial charge in [0.25, 0.3) is 0 Å². The van der Waals surface area contributed by atoms with E-state index >= 15 is 0 Å². The van der Waals surface area contributed by atoms with Crippen molar-refractivity contribution in [2.75, 3.05) is 33.9 Å². The molecule has 8 aliphatic rings. The molecule has 2 N–H and O–H groups in total. The van der Waals surface area contributed by atoms with Gasteiger partial charge in [-0.25, -0.2) is 9.59 Å².